The number of carbonyl (C=O) groups excluding carboxylic acids is 1. The molecule has 0 unspecified atom stereocenters. The highest BCUT2D eigenvalue weighted by Gasteiger charge is 2.39. The van der Waals surface area contributed by atoms with Gasteiger partial charge in [0, 0.05) is 13.0 Å². The van der Waals surface area contributed by atoms with Crippen molar-refractivity contribution in [1.82, 2.24) is 5.32 Å². The molecule has 92 valence electrons. The van der Waals surface area contributed by atoms with Gasteiger partial charge in [-0.1, -0.05) is 37.3 Å². The van der Waals surface area contributed by atoms with Crippen molar-refractivity contribution in [2.75, 3.05) is 13.7 Å². The Morgan fingerprint density at radius 2 is 2.12 bits per heavy atom. The van der Waals surface area contributed by atoms with Crippen molar-refractivity contribution in [2.45, 2.75) is 19.4 Å². The van der Waals surface area contributed by atoms with Crippen LogP contribution in [0.1, 0.15) is 24.9 Å². The Bertz CT molecular complexity index is 377. The normalized spacial score (nSPS) is 24.1. The van der Waals surface area contributed by atoms with E-state index in [4.69, 9.17) is 4.74 Å². The van der Waals surface area contributed by atoms with Crippen LogP contribution in [-0.4, -0.2) is 19.6 Å². The molecule has 0 radical (unpaired) electrons. The van der Waals surface area contributed by atoms with E-state index in [9.17, 15) is 4.79 Å². The highest BCUT2D eigenvalue weighted by Crippen LogP contribution is 2.38. The molecule has 0 spiro atoms. The molecule has 0 aromatic heterocycles. The molecule has 3 nitrogen and oxygen atoms in total. The van der Waals surface area contributed by atoms with E-state index in [2.05, 4.69) is 12.2 Å². The number of methoxy groups -OCH3 is 1. The minimum absolute atomic E-state index is 0.0403. The molecule has 1 aromatic rings. The summed E-state index contributed by atoms with van der Waals surface area (Å²) in [4.78, 5) is 11.9. The van der Waals surface area contributed by atoms with Gasteiger partial charge in [-0.15, -0.1) is 0 Å². The maximum Gasteiger partial charge on any atom is 0.223 e. The number of amides is 1. The number of rotatable bonds is 5. The van der Waals surface area contributed by atoms with Gasteiger partial charge in [0.15, 0.2) is 0 Å². The Morgan fingerprint density at radius 1 is 1.47 bits per heavy atom. The molecule has 1 N–H and O–H groups in total. The Hall–Kier alpha value is -1.35. The van der Waals surface area contributed by atoms with E-state index in [-0.39, 0.29) is 17.9 Å². The summed E-state index contributed by atoms with van der Waals surface area (Å²) in [5.74, 6) is 0.899. The smallest absolute Gasteiger partial charge is 0.223 e. The van der Waals surface area contributed by atoms with Crippen LogP contribution in [0.25, 0.3) is 0 Å². The minimum atomic E-state index is -0.0403. The van der Waals surface area contributed by atoms with Crippen molar-refractivity contribution < 1.29 is 9.53 Å². The average Bonchev–Trinajstić information content (AvgIpc) is 3.07. The maximum atomic E-state index is 11.9. The van der Waals surface area contributed by atoms with Crippen molar-refractivity contribution in [2.24, 2.45) is 11.8 Å². The molecular weight excluding hydrogens is 214 g/mol. The Morgan fingerprint density at radius 3 is 2.65 bits per heavy atom. The average molecular weight is 233 g/mol. The molecule has 0 aliphatic heterocycles. The number of hydrogen-bond donors (Lipinski definition) is 1. The summed E-state index contributed by atoms with van der Waals surface area (Å²) >= 11 is 0. The zero-order chi connectivity index (χ0) is 12.3. The predicted octanol–water partition coefficient (Wildman–Crippen LogP) is 2.15. The lowest BCUT2D eigenvalue weighted by Crippen LogP contribution is -2.32. The molecule has 1 saturated carbocycles. The summed E-state index contributed by atoms with van der Waals surface area (Å²) in [5.41, 5.74) is 1.09. The molecule has 0 saturated heterocycles. The molecule has 1 aromatic carbocycles. The van der Waals surface area contributed by atoms with Crippen molar-refractivity contribution in [3.8, 4) is 0 Å². The lowest BCUT2D eigenvalue weighted by atomic mass is 10.1. The number of benzene rings is 1. The molecule has 1 amide bonds. The fraction of sp³-hybridized carbons (Fsp3) is 0.500. The highest BCUT2D eigenvalue weighted by atomic mass is 16.5. The summed E-state index contributed by atoms with van der Waals surface area (Å²) in [6, 6.07) is 9.91. The number of nitrogens with one attached hydrogen (secondary N) is 1. The number of carbonyl (C=O) groups is 1. The zero-order valence-corrected chi connectivity index (χ0v) is 10.3. The van der Waals surface area contributed by atoms with E-state index in [0.29, 0.717) is 12.5 Å². The van der Waals surface area contributed by atoms with Crippen LogP contribution in [0.15, 0.2) is 30.3 Å². The van der Waals surface area contributed by atoms with E-state index in [1.165, 1.54) is 0 Å². The lowest BCUT2D eigenvalue weighted by molar-refractivity contribution is -0.123. The van der Waals surface area contributed by atoms with Gasteiger partial charge in [0.2, 0.25) is 5.91 Å². The molecule has 17 heavy (non-hydrogen) atoms. The van der Waals surface area contributed by atoms with Crippen molar-refractivity contribution in [3.05, 3.63) is 35.9 Å². The van der Waals surface area contributed by atoms with Crippen LogP contribution in [0.3, 0.4) is 0 Å². The van der Waals surface area contributed by atoms with Gasteiger partial charge in [-0.25, -0.2) is 0 Å². The van der Waals surface area contributed by atoms with Crippen LogP contribution in [-0.2, 0) is 9.53 Å². The van der Waals surface area contributed by atoms with Gasteiger partial charge < -0.3 is 10.1 Å². The quantitative estimate of drug-likeness (QED) is 0.846. The third-order valence-corrected chi connectivity index (χ3v) is 3.30. The first-order chi connectivity index (χ1) is 8.22. The first-order valence-electron chi connectivity index (χ1n) is 6.06. The minimum Gasteiger partial charge on any atom is -0.382 e. The maximum absolute atomic E-state index is 11.9. The van der Waals surface area contributed by atoms with Crippen molar-refractivity contribution in [1.29, 1.82) is 0 Å². The predicted molar refractivity (Wildman–Crippen MR) is 66.5 cm³/mol. The van der Waals surface area contributed by atoms with Crippen LogP contribution in [0, 0.1) is 11.8 Å². The molecule has 1 fully saturated rings. The SMILES string of the molecule is COC[C@H](NC(=O)[C@H]1C[C@@H]1C)c1ccccc1. The summed E-state index contributed by atoms with van der Waals surface area (Å²) in [5, 5.41) is 3.06. The summed E-state index contributed by atoms with van der Waals surface area (Å²) in [6.45, 7) is 2.62. The van der Waals surface area contributed by atoms with Crippen LogP contribution >= 0.6 is 0 Å². The Balaban J connectivity index is 2.00. The fourth-order valence-corrected chi connectivity index (χ4v) is 2.04. The largest absolute Gasteiger partial charge is 0.382 e. The Kier molecular flexibility index (Phi) is 3.79. The fourth-order valence-electron chi connectivity index (χ4n) is 2.04. The zero-order valence-electron chi connectivity index (χ0n) is 10.3. The molecule has 3 atom stereocenters. The summed E-state index contributed by atoms with van der Waals surface area (Å²) in [6.07, 6.45) is 1.01. The Labute approximate surface area is 102 Å². The highest BCUT2D eigenvalue weighted by molar-refractivity contribution is 5.81. The number of hydrogen-bond acceptors (Lipinski definition) is 2. The third kappa shape index (κ3) is 3.07. The molecule has 0 bridgehead atoms. The lowest BCUT2D eigenvalue weighted by Gasteiger charge is -2.18. The second-order valence-corrected chi connectivity index (χ2v) is 4.75. The topological polar surface area (TPSA) is 38.3 Å². The van der Waals surface area contributed by atoms with Gasteiger partial charge in [0.05, 0.1) is 12.6 Å². The van der Waals surface area contributed by atoms with E-state index in [1.807, 2.05) is 30.3 Å². The van der Waals surface area contributed by atoms with Crippen LogP contribution in [0.2, 0.25) is 0 Å². The van der Waals surface area contributed by atoms with Crippen LogP contribution in [0.5, 0.6) is 0 Å². The molecule has 0 heterocycles. The second-order valence-electron chi connectivity index (χ2n) is 4.75. The van der Waals surface area contributed by atoms with E-state index in [0.717, 1.165) is 12.0 Å². The standard InChI is InChI=1S/C14H19NO2/c1-10-8-12(10)14(16)15-13(9-17-2)11-6-4-3-5-7-11/h3-7,10,12-13H,8-9H2,1-2H3,(H,15,16)/t10-,12-,13-/m0/s1. The molecule has 1 aliphatic carbocycles. The van der Waals surface area contributed by atoms with Gasteiger partial charge in [0.1, 0.15) is 0 Å². The van der Waals surface area contributed by atoms with Gasteiger partial charge in [0.25, 0.3) is 0 Å². The van der Waals surface area contributed by atoms with Crippen LogP contribution in [0.4, 0.5) is 0 Å². The first-order valence-corrected chi connectivity index (χ1v) is 6.06. The van der Waals surface area contributed by atoms with Crippen molar-refractivity contribution >= 4 is 5.91 Å². The third-order valence-electron chi connectivity index (χ3n) is 3.30. The molecule has 1 aliphatic rings. The van der Waals surface area contributed by atoms with Gasteiger partial charge in [-0.3, -0.25) is 4.79 Å². The van der Waals surface area contributed by atoms with E-state index < -0.39 is 0 Å². The molecule has 3 heteroatoms. The molecule has 2 rings (SSSR count). The van der Waals surface area contributed by atoms with Gasteiger partial charge in [-0.05, 0) is 17.9 Å². The monoisotopic (exact) mass is 233 g/mol. The summed E-state index contributed by atoms with van der Waals surface area (Å²) in [7, 11) is 1.65. The van der Waals surface area contributed by atoms with E-state index in [1.54, 1.807) is 7.11 Å². The number of ether oxygens (including phenoxy) is 1. The van der Waals surface area contributed by atoms with Crippen molar-refractivity contribution in [3.63, 3.8) is 0 Å². The first kappa shape index (κ1) is 12.1. The van der Waals surface area contributed by atoms with Crippen LogP contribution < -0.4 is 5.32 Å². The second kappa shape index (κ2) is 5.32. The van der Waals surface area contributed by atoms with Gasteiger partial charge >= 0.3 is 0 Å². The summed E-state index contributed by atoms with van der Waals surface area (Å²) < 4.78 is 5.17. The van der Waals surface area contributed by atoms with Gasteiger partial charge in [-0.2, -0.15) is 0 Å². The molecular formula is C14H19NO2. The van der Waals surface area contributed by atoms with E-state index >= 15 is 0 Å².